The Morgan fingerprint density at radius 2 is 1.92 bits per heavy atom. The van der Waals surface area contributed by atoms with Gasteiger partial charge in [0.1, 0.15) is 6.10 Å². The molecule has 4 atom stereocenters. The lowest BCUT2D eigenvalue weighted by Crippen LogP contribution is -2.51. The average molecular weight is 180 g/mol. The van der Waals surface area contributed by atoms with E-state index < -0.39 is 31.6 Å². The number of hydrogen-bond donors (Lipinski definition) is 3. The van der Waals surface area contributed by atoms with Crippen LogP contribution in [0.4, 0.5) is 0 Å². The van der Waals surface area contributed by atoms with E-state index >= 15 is 0 Å². The highest BCUT2D eigenvalue weighted by Gasteiger charge is 2.36. The lowest BCUT2D eigenvalue weighted by Gasteiger charge is -2.35. The highest BCUT2D eigenvalue weighted by Crippen LogP contribution is 2.17. The van der Waals surface area contributed by atoms with Crippen molar-refractivity contribution in [1.29, 1.82) is 0 Å². The lowest BCUT2D eigenvalue weighted by atomic mass is 10.3. The van der Waals surface area contributed by atoms with Gasteiger partial charge in [-0.2, -0.15) is 0 Å². The van der Waals surface area contributed by atoms with Gasteiger partial charge in [-0.15, -0.1) is 0 Å². The first-order valence-electron chi connectivity index (χ1n) is 3.49. The molecular weight excluding hydrogens is 168 g/mol. The molecule has 0 aromatic rings. The second-order valence-corrected chi connectivity index (χ2v) is 2.38. The van der Waals surface area contributed by atoms with E-state index in [1.165, 1.54) is 7.11 Å². The van der Waals surface area contributed by atoms with Crippen LogP contribution >= 0.6 is 0 Å². The van der Waals surface area contributed by atoms with Crippen LogP contribution in [0.5, 0.6) is 0 Å². The molecule has 4 unspecified atom stereocenters. The summed E-state index contributed by atoms with van der Waals surface area (Å²) in [6.45, 7) is -0.395. The number of aliphatic hydroxyl groups excluding tert-OH is 3. The maximum absolute atomic E-state index is 9.04. The number of methoxy groups -OCH3 is 1. The molecule has 0 radical (unpaired) electrons. The van der Waals surface area contributed by atoms with Gasteiger partial charge in [0.15, 0.2) is 6.29 Å². The van der Waals surface area contributed by atoms with Crippen LogP contribution < -0.4 is 0 Å². The van der Waals surface area contributed by atoms with Crippen molar-refractivity contribution in [3.8, 4) is 0 Å². The van der Waals surface area contributed by atoms with Crippen molar-refractivity contribution in [3.05, 3.63) is 0 Å². The fourth-order valence-corrected chi connectivity index (χ4v) is 0.907. The Bertz CT molecular complexity index is 126. The zero-order chi connectivity index (χ0) is 9.14. The Morgan fingerprint density at radius 3 is 2.42 bits per heavy atom. The van der Waals surface area contributed by atoms with Crippen LogP contribution in [0.3, 0.4) is 0 Å². The predicted octanol–water partition coefficient (Wildman–Crippen LogP) is -2.00. The molecule has 6 nitrogen and oxygen atoms in total. The maximum Gasteiger partial charge on any atom is 0.209 e. The molecule has 1 rings (SSSR count). The normalized spacial score (nSPS) is 43.0. The van der Waals surface area contributed by atoms with E-state index in [9.17, 15) is 0 Å². The summed E-state index contributed by atoms with van der Waals surface area (Å²) < 4.78 is 14.2. The Morgan fingerprint density at radius 1 is 1.25 bits per heavy atom. The van der Waals surface area contributed by atoms with Gasteiger partial charge < -0.3 is 29.5 Å². The minimum Gasteiger partial charge on any atom is -0.393 e. The van der Waals surface area contributed by atoms with Crippen LogP contribution in [0.2, 0.25) is 0 Å². The third-order valence-electron chi connectivity index (χ3n) is 1.55. The molecule has 1 heterocycles. The summed E-state index contributed by atoms with van der Waals surface area (Å²) in [5.74, 6) is 0. The Hall–Kier alpha value is -0.240. The molecule has 1 fully saturated rings. The third-order valence-corrected chi connectivity index (χ3v) is 1.55. The van der Waals surface area contributed by atoms with Crippen molar-refractivity contribution in [2.24, 2.45) is 0 Å². The van der Waals surface area contributed by atoms with Crippen LogP contribution in [0.1, 0.15) is 0 Å². The smallest absolute Gasteiger partial charge is 0.209 e. The molecule has 0 saturated carbocycles. The van der Waals surface area contributed by atoms with Gasteiger partial charge in [0.05, 0.1) is 6.61 Å². The standard InChI is InChI=1S/C6H12O6/c1-10-6-5(9)12-4(8)3(2-7)11-6/h3-9H,2H2,1H3. The Labute approximate surface area is 69.3 Å². The van der Waals surface area contributed by atoms with Crippen molar-refractivity contribution in [1.82, 2.24) is 0 Å². The quantitative estimate of drug-likeness (QED) is 0.455. The topological polar surface area (TPSA) is 88.4 Å². The first-order chi connectivity index (χ1) is 5.69. The van der Waals surface area contributed by atoms with Crippen LogP contribution in [0, 0.1) is 0 Å². The molecule has 3 N–H and O–H groups in total. The molecule has 0 spiro atoms. The number of hydrogen-bond acceptors (Lipinski definition) is 6. The molecule has 0 bridgehead atoms. The molecule has 0 amide bonds. The molecule has 6 heteroatoms. The van der Waals surface area contributed by atoms with Crippen LogP contribution in [0.25, 0.3) is 0 Å². The largest absolute Gasteiger partial charge is 0.393 e. The third kappa shape index (κ3) is 1.92. The van der Waals surface area contributed by atoms with Crippen molar-refractivity contribution >= 4 is 0 Å². The van der Waals surface area contributed by atoms with Gasteiger partial charge in [0.2, 0.25) is 12.6 Å². The molecular formula is C6H12O6. The van der Waals surface area contributed by atoms with E-state index in [0.29, 0.717) is 0 Å². The molecule has 1 saturated heterocycles. The lowest BCUT2D eigenvalue weighted by molar-refractivity contribution is -0.383. The van der Waals surface area contributed by atoms with Crippen molar-refractivity contribution in [3.63, 3.8) is 0 Å². The summed E-state index contributed by atoms with van der Waals surface area (Å²) in [6, 6.07) is 0. The zero-order valence-electron chi connectivity index (χ0n) is 6.58. The van der Waals surface area contributed by atoms with Gasteiger partial charge in [-0.05, 0) is 0 Å². The van der Waals surface area contributed by atoms with E-state index in [1.807, 2.05) is 0 Å². The Balaban J connectivity index is 2.50. The summed E-state index contributed by atoms with van der Waals surface area (Å²) in [5, 5.41) is 26.7. The van der Waals surface area contributed by atoms with Crippen molar-refractivity contribution < 1.29 is 29.5 Å². The highest BCUT2D eigenvalue weighted by molar-refractivity contribution is 4.67. The number of ether oxygens (including phenoxy) is 3. The predicted molar refractivity (Wildman–Crippen MR) is 35.9 cm³/mol. The summed E-state index contributed by atoms with van der Waals surface area (Å²) in [4.78, 5) is 0. The minimum atomic E-state index is -1.33. The summed E-state index contributed by atoms with van der Waals surface area (Å²) in [7, 11) is 1.32. The van der Waals surface area contributed by atoms with Crippen LogP contribution in [0.15, 0.2) is 0 Å². The second kappa shape index (κ2) is 4.13. The van der Waals surface area contributed by atoms with Crippen LogP contribution in [-0.4, -0.2) is 54.0 Å². The maximum atomic E-state index is 9.04. The number of aliphatic hydroxyl groups is 3. The van der Waals surface area contributed by atoms with Gasteiger partial charge in [-0.25, -0.2) is 0 Å². The SMILES string of the molecule is COC1OC(CO)C(O)OC1O. The van der Waals surface area contributed by atoms with E-state index in [4.69, 9.17) is 20.1 Å². The number of rotatable bonds is 2. The molecule has 0 aromatic carbocycles. The summed E-state index contributed by atoms with van der Waals surface area (Å²) >= 11 is 0. The summed E-state index contributed by atoms with van der Waals surface area (Å²) in [6.07, 6.45) is -4.49. The second-order valence-electron chi connectivity index (χ2n) is 2.38. The monoisotopic (exact) mass is 180 g/mol. The minimum absolute atomic E-state index is 0.395. The summed E-state index contributed by atoms with van der Waals surface area (Å²) in [5.41, 5.74) is 0. The molecule has 1 aliphatic rings. The molecule has 0 aromatic heterocycles. The van der Waals surface area contributed by atoms with E-state index in [-0.39, 0.29) is 0 Å². The molecule has 72 valence electrons. The fourth-order valence-electron chi connectivity index (χ4n) is 0.907. The first kappa shape index (κ1) is 9.85. The molecule has 0 aliphatic carbocycles. The molecule has 12 heavy (non-hydrogen) atoms. The fraction of sp³-hybridized carbons (Fsp3) is 1.00. The first-order valence-corrected chi connectivity index (χ1v) is 3.49. The van der Waals surface area contributed by atoms with Crippen molar-refractivity contribution in [2.45, 2.75) is 25.0 Å². The Kier molecular flexibility index (Phi) is 3.39. The van der Waals surface area contributed by atoms with E-state index in [1.54, 1.807) is 0 Å². The highest BCUT2D eigenvalue weighted by atomic mass is 16.8. The molecule has 1 aliphatic heterocycles. The van der Waals surface area contributed by atoms with Gasteiger partial charge in [0.25, 0.3) is 0 Å². The zero-order valence-corrected chi connectivity index (χ0v) is 6.58. The van der Waals surface area contributed by atoms with Gasteiger partial charge in [0, 0.05) is 7.11 Å². The van der Waals surface area contributed by atoms with Crippen LogP contribution in [-0.2, 0) is 14.2 Å². The van der Waals surface area contributed by atoms with E-state index in [2.05, 4.69) is 9.47 Å². The van der Waals surface area contributed by atoms with E-state index in [0.717, 1.165) is 0 Å². The average Bonchev–Trinajstić information content (AvgIpc) is 2.05. The van der Waals surface area contributed by atoms with Gasteiger partial charge in [-0.3, -0.25) is 0 Å². The van der Waals surface area contributed by atoms with Gasteiger partial charge in [-0.1, -0.05) is 0 Å². The van der Waals surface area contributed by atoms with Crippen molar-refractivity contribution in [2.75, 3.05) is 13.7 Å². The van der Waals surface area contributed by atoms with Gasteiger partial charge >= 0.3 is 0 Å².